The van der Waals surface area contributed by atoms with E-state index < -0.39 is 0 Å². The molecule has 0 spiro atoms. The third-order valence-electron chi connectivity index (χ3n) is 3.34. The molecule has 1 aliphatic rings. The van der Waals surface area contributed by atoms with E-state index in [0.717, 1.165) is 28.6 Å². The van der Waals surface area contributed by atoms with Gasteiger partial charge in [-0.1, -0.05) is 22.4 Å². The first-order valence-electron chi connectivity index (χ1n) is 6.44. The number of piperidine rings is 1. The maximum atomic E-state index is 12.0. The van der Waals surface area contributed by atoms with Crippen LogP contribution in [0.2, 0.25) is 0 Å². The van der Waals surface area contributed by atoms with Crippen molar-refractivity contribution in [2.45, 2.75) is 32.2 Å². The second-order valence-electron chi connectivity index (χ2n) is 4.82. The Morgan fingerprint density at radius 2 is 2.33 bits per heavy atom. The Morgan fingerprint density at radius 1 is 1.50 bits per heavy atom. The van der Waals surface area contributed by atoms with Crippen molar-refractivity contribution < 1.29 is 4.79 Å². The molecule has 1 aromatic rings. The number of aryl methyl sites for hydroxylation is 1. The molecule has 1 aromatic carbocycles. The van der Waals surface area contributed by atoms with Gasteiger partial charge in [0, 0.05) is 22.6 Å². The zero-order valence-corrected chi connectivity index (χ0v) is 12.2. The molecule has 98 valence electrons. The first-order valence-corrected chi connectivity index (χ1v) is 7.24. The van der Waals surface area contributed by atoms with Crippen LogP contribution in [-0.4, -0.2) is 25.0 Å². The van der Waals surface area contributed by atoms with Crippen LogP contribution in [0.1, 0.15) is 35.2 Å². The van der Waals surface area contributed by atoms with Gasteiger partial charge in [-0.3, -0.25) is 4.79 Å². The molecule has 1 aliphatic heterocycles. The Labute approximate surface area is 116 Å². The topological polar surface area (TPSA) is 41.1 Å². The third-order valence-corrected chi connectivity index (χ3v) is 4.23. The number of carbonyl (C=O) groups is 1. The highest BCUT2D eigenvalue weighted by molar-refractivity contribution is 9.10. The van der Waals surface area contributed by atoms with Crippen molar-refractivity contribution in [3.05, 3.63) is 33.8 Å². The molecular formula is C14H19BrN2O. The Morgan fingerprint density at radius 3 is 3.00 bits per heavy atom. The monoisotopic (exact) mass is 310 g/mol. The molecule has 1 saturated heterocycles. The van der Waals surface area contributed by atoms with Gasteiger partial charge in [0.05, 0.1) is 0 Å². The van der Waals surface area contributed by atoms with Crippen LogP contribution in [0.3, 0.4) is 0 Å². The van der Waals surface area contributed by atoms with Gasteiger partial charge >= 0.3 is 0 Å². The Hall–Kier alpha value is -0.870. The van der Waals surface area contributed by atoms with Crippen molar-refractivity contribution in [3.8, 4) is 0 Å². The molecule has 3 nitrogen and oxygen atoms in total. The molecule has 18 heavy (non-hydrogen) atoms. The summed E-state index contributed by atoms with van der Waals surface area (Å²) in [6.07, 6.45) is 3.65. The van der Waals surface area contributed by atoms with Gasteiger partial charge in [-0.05, 0) is 50.1 Å². The lowest BCUT2D eigenvalue weighted by Gasteiger charge is -2.23. The van der Waals surface area contributed by atoms with Crippen molar-refractivity contribution in [3.63, 3.8) is 0 Å². The third kappa shape index (κ3) is 3.56. The van der Waals surface area contributed by atoms with Crippen LogP contribution >= 0.6 is 15.9 Å². The zero-order valence-electron chi connectivity index (χ0n) is 10.6. The summed E-state index contributed by atoms with van der Waals surface area (Å²) in [5.74, 6) is 0.0120. The molecular weight excluding hydrogens is 292 g/mol. The normalized spacial score (nSPS) is 19.6. The minimum Gasteiger partial charge on any atom is -0.350 e. The van der Waals surface area contributed by atoms with E-state index in [2.05, 4.69) is 26.6 Å². The standard InChI is InChI=1S/C14H19BrN2O/c1-10-8-11(5-6-13(10)15)14(18)17-9-12-4-2-3-7-16-12/h5-6,8,12,16H,2-4,7,9H2,1H3,(H,17,18). The maximum absolute atomic E-state index is 12.0. The number of nitrogens with one attached hydrogen (secondary N) is 2. The summed E-state index contributed by atoms with van der Waals surface area (Å²) in [5.41, 5.74) is 1.81. The second-order valence-corrected chi connectivity index (χ2v) is 5.68. The number of benzene rings is 1. The lowest BCUT2D eigenvalue weighted by atomic mass is 10.0. The molecule has 1 atom stereocenters. The van der Waals surface area contributed by atoms with Gasteiger partial charge in [0.1, 0.15) is 0 Å². The van der Waals surface area contributed by atoms with Crippen molar-refractivity contribution in [2.24, 2.45) is 0 Å². The number of rotatable bonds is 3. The van der Waals surface area contributed by atoms with Crippen molar-refractivity contribution in [1.29, 1.82) is 0 Å². The van der Waals surface area contributed by atoms with Gasteiger partial charge in [0.25, 0.3) is 5.91 Å². The van der Waals surface area contributed by atoms with Gasteiger partial charge < -0.3 is 10.6 Å². The SMILES string of the molecule is Cc1cc(C(=O)NCC2CCCCN2)ccc1Br. The average Bonchev–Trinajstić information content (AvgIpc) is 2.40. The minimum atomic E-state index is 0.0120. The van der Waals surface area contributed by atoms with Crippen LogP contribution in [0.25, 0.3) is 0 Å². The van der Waals surface area contributed by atoms with Crippen molar-refractivity contribution in [2.75, 3.05) is 13.1 Å². The van der Waals surface area contributed by atoms with E-state index in [1.54, 1.807) is 0 Å². The second kappa shape index (κ2) is 6.34. The fraction of sp³-hybridized carbons (Fsp3) is 0.500. The fourth-order valence-electron chi connectivity index (χ4n) is 2.20. The summed E-state index contributed by atoms with van der Waals surface area (Å²) >= 11 is 3.44. The van der Waals surface area contributed by atoms with Gasteiger partial charge in [-0.25, -0.2) is 0 Å². The van der Waals surface area contributed by atoms with Gasteiger partial charge in [0.15, 0.2) is 0 Å². The first-order chi connectivity index (χ1) is 8.66. The van der Waals surface area contributed by atoms with Crippen LogP contribution in [0.5, 0.6) is 0 Å². The number of halogens is 1. The first kappa shape index (κ1) is 13.6. The molecule has 0 saturated carbocycles. The summed E-state index contributed by atoms with van der Waals surface area (Å²) in [5, 5.41) is 6.42. The molecule has 1 unspecified atom stereocenters. The number of carbonyl (C=O) groups excluding carboxylic acids is 1. The Balaban J connectivity index is 1.88. The minimum absolute atomic E-state index is 0.0120. The largest absolute Gasteiger partial charge is 0.350 e. The average molecular weight is 311 g/mol. The lowest BCUT2D eigenvalue weighted by Crippen LogP contribution is -2.43. The summed E-state index contributed by atoms with van der Waals surface area (Å²) in [6, 6.07) is 6.11. The van der Waals surface area contributed by atoms with E-state index in [1.807, 2.05) is 25.1 Å². The smallest absolute Gasteiger partial charge is 0.251 e. The highest BCUT2D eigenvalue weighted by atomic mass is 79.9. The quantitative estimate of drug-likeness (QED) is 0.901. The summed E-state index contributed by atoms with van der Waals surface area (Å²) < 4.78 is 1.04. The van der Waals surface area contributed by atoms with E-state index >= 15 is 0 Å². The molecule has 2 N–H and O–H groups in total. The molecule has 0 bridgehead atoms. The molecule has 0 radical (unpaired) electrons. The van der Waals surface area contributed by atoms with E-state index in [4.69, 9.17) is 0 Å². The van der Waals surface area contributed by atoms with Crippen LogP contribution in [-0.2, 0) is 0 Å². The van der Waals surface area contributed by atoms with Crippen LogP contribution in [0.4, 0.5) is 0 Å². The van der Waals surface area contributed by atoms with Crippen LogP contribution in [0.15, 0.2) is 22.7 Å². The Bertz CT molecular complexity index is 428. The number of amides is 1. The fourth-order valence-corrected chi connectivity index (χ4v) is 2.45. The molecule has 2 rings (SSSR count). The van der Waals surface area contributed by atoms with Gasteiger partial charge in [-0.15, -0.1) is 0 Å². The van der Waals surface area contributed by atoms with Crippen LogP contribution < -0.4 is 10.6 Å². The molecule has 0 aliphatic carbocycles. The molecule has 1 fully saturated rings. The van der Waals surface area contributed by atoms with Gasteiger partial charge in [-0.2, -0.15) is 0 Å². The number of hydrogen-bond donors (Lipinski definition) is 2. The molecule has 0 aromatic heterocycles. The van der Waals surface area contributed by atoms with Crippen molar-refractivity contribution in [1.82, 2.24) is 10.6 Å². The van der Waals surface area contributed by atoms with Crippen LogP contribution in [0, 0.1) is 6.92 Å². The van der Waals surface area contributed by atoms with E-state index in [0.29, 0.717) is 12.6 Å². The Kier molecular flexibility index (Phi) is 4.78. The molecule has 1 heterocycles. The maximum Gasteiger partial charge on any atom is 0.251 e. The van der Waals surface area contributed by atoms with E-state index in [-0.39, 0.29) is 5.91 Å². The van der Waals surface area contributed by atoms with Gasteiger partial charge in [0.2, 0.25) is 0 Å². The summed E-state index contributed by atoms with van der Waals surface area (Å²) in [4.78, 5) is 12.0. The summed E-state index contributed by atoms with van der Waals surface area (Å²) in [7, 11) is 0. The highest BCUT2D eigenvalue weighted by Gasteiger charge is 2.14. The van der Waals surface area contributed by atoms with E-state index in [1.165, 1.54) is 12.8 Å². The molecule has 4 heteroatoms. The summed E-state index contributed by atoms with van der Waals surface area (Å²) in [6.45, 7) is 3.77. The molecule has 1 amide bonds. The van der Waals surface area contributed by atoms with Crippen molar-refractivity contribution >= 4 is 21.8 Å². The predicted molar refractivity (Wildman–Crippen MR) is 76.9 cm³/mol. The zero-order chi connectivity index (χ0) is 13.0. The lowest BCUT2D eigenvalue weighted by molar-refractivity contribution is 0.0947. The predicted octanol–water partition coefficient (Wildman–Crippen LogP) is 2.63. The highest BCUT2D eigenvalue weighted by Crippen LogP contribution is 2.17. The van der Waals surface area contributed by atoms with E-state index in [9.17, 15) is 4.79 Å². The number of hydrogen-bond acceptors (Lipinski definition) is 2.